The number of aryl methyl sites for hydroxylation is 3. The number of nitrogens with zero attached hydrogens (tertiary/aromatic N) is 5. The number of aromatic nitrogens is 4. The lowest BCUT2D eigenvalue weighted by Gasteiger charge is -2.40. The van der Waals surface area contributed by atoms with Gasteiger partial charge in [0.1, 0.15) is 5.82 Å². The number of rotatable bonds is 7. The Morgan fingerprint density at radius 1 is 1.15 bits per heavy atom. The lowest BCUT2D eigenvalue weighted by molar-refractivity contribution is -0.273. The van der Waals surface area contributed by atoms with Gasteiger partial charge in [-0.2, -0.15) is 13.2 Å². The zero-order chi connectivity index (χ0) is 24.5. The number of hydrogen-bond donors (Lipinski definition) is 1. The number of anilines is 1. The maximum atomic E-state index is 13.3. The largest absolute Gasteiger partial charge is 0.417 e. The molecule has 4 rings (SSSR count). The van der Waals surface area contributed by atoms with Gasteiger partial charge in [0.15, 0.2) is 5.60 Å². The van der Waals surface area contributed by atoms with Crippen LogP contribution in [0.15, 0.2) is 29.6 Å². The Bertz CT molecular complexity index is 1120. The normalized spacial score (nSPS) is 17.2. The molecule has 6 nitrogen and oxygen atoms in total. The monoisotopic (exact) mass is 493 g/mol. The Morgan fingerprint density at radius 2 is 1.88 bits per heavy atom. The van der Waals surface area contributed by atoms with E-state index in [-0.39, 0.29) is 12.8 Å². The van der Waals surface area contributed by atoms with Gasteiger partial charge in [-0.05, 0) is 51.5 Å². The molecule has 1 aromatic carbocycles. The summed E-state index contributed by atoms with van der Waals surface area (Å²) in [6.45, 7) is 6.33. The Hall–Kier alpha value is -2.46. The van der Waals surface area contributed by atoms with Gasteiger partial charge in [0.05, 0.1) is 17.1 Å². The number of alkyl halides is 3. The quantitative estimate of drug-likeness (QED) is 0.516. The number of benzene rings is 1. The van der Waals surface area contributed by atoms with Crippen LogP contribution in [-0.2, 0) is 19.4 Å². The number of thiazole rings is 1. The third-order valence-electron chi connectivity index (χ3n) is 6.67. The fourth-order valence-electron chi connectivity index (χ4n) is 4.55. The summed E-state index contributed by atoms with van der Waals surface area (Å²) in [4.78, 5) is 6.54. The standard InChI is InChI=1S/C24H30F3N5OS/c1-16-5-4-6-18(13-16)7-12-32-21(14-20-15-34-17(2)28-20)29-30-22(32)31-10-8-19(9-11-31)23(3,33)24(25,26)27/h4-6,13,15,19,33H,7-12,14H2,1-3H3. The number of hydrogen-bond acceptors (Lipinski definition) is 6. The van der Waals surface area contributed by atoms with Crippen LogP contribution >= 0.6 is 11.3 Å². The van der Waals surface area contributed by atoms with Crippen molar-refractivity contribution in [3.63, 3.8) is 0 Å². The second-order valence-electron chi connectivity index (χ2n) is 9.25. The van der Waals surface area contributed by atoms with Crippen molar-refractivity contribution >= 4 is 17.3 Å². The van der Waals surface area contributed by atoms with E-state index in [9.17, 15) is 18.3 Å². The Morgan fingerprint density at radius 3 is 2.50 bits per heavy atom. The molecule has 0 spiro atoms. The first-order chi connectivity index (χ1) is 16.0. The molecule has 0 amide bonds. The van der Waals surface area contributed by atoms with Gasteiger partial charge in [0, 0.05) is 25.0 Å². The molecular weight excluding hydrogens is 463 g/mol. The molecule has 1 saturated heterocycles. The summed E-state index contributed by atoms with van der Waals surface area (Å²) in [5.74, 6) is 0.613. The molecular formula is C24H30F3N5OS. The highest BCUT2D eigenvalue weighted by Crippen LogP contribution is 2.41. The summed E-state index contributed by atoms with van der Waals surface area (Å²) in [5, 5.41) is 22.0. The van der Waals surface area contributed by atoms with Crippen molar-refractivity contribution in [3.05, 3.63) is 57.3 Å². The van der Waals surface area contributed by atoms with E-state index < -0.39 is 17.7 Å². The zero-order valence-corrected chi connectivity index (χ0v) is 20.5. The minimum Gasteiger partial charge on any atom is -0.380 e. The minimum absolute atomic E-state index is 0.234. The average Bonchev–Trinajstić information content (AvgIpc) is 3.37. The van der Waals surface area contributed by atoms with Crippen molar-refractivity contribution in [2.45, 2.75) is 64.8 Å². The van der Waals surface area contributed by atoms with Crippen LogP contribution in [0.5, 0.6) is 0 Å². The maximum absolute atomic E-state index is 13.3. The summed E-state index contributed by atoms with van der Waals surface area (Å²) >= 11 is 1.59. The lowest BCUT2D eigenvalue weighted by atomic mass is 9.81. The van der Waals surface area contributed by atoms with E-state index in [1.54, 1.807) is 11.3 Å². The van der Waals surface area contributed by atoms with Crippen molar-refractivity contribution < 1.29 is 18.3 Å². The van der Waals surface area contributed by atoms with Crippen molar-refractivity contribution in [2.24, 2.45) is 5.92 Å². The highest BCUT2D eigenvalue weighted by atomic mass is 32.1. The number of aliphatic hydroxyl groups is 1. The Labute approximate surface area is 201 Å². The fraction of sp³-hybridized carbons (Fsp3) is 0.542. The maximum Gasteiger partial charge on any atom is 0.417 e. The molecule has 1 aliphatic heterocycles. The van der Waals surface area contributed by atoms with E-state index in [0.29, 0.717) is 32.0 Å². The van der Waals surface area contributed by atoms with Crippen molar-refractivity contribution in [2.75, 3.05) is 18.0 Å². The summed E-state index contributed by atoms with van der Waals surface area (Å²) < 4.78 is 42.0. The molecule has 0 aliphatic carbocycles. The van der Waals surface area contributed by atoms with Crippen LogP contribution in [0.2, 0.25) is 0 Å². The van der Waals surface area contributed by atoms with Crippen LogP contribution in [-0.4, -0.2) is 49.7 Å². The molecule has 1 atom stereocenters. The third kappa shape index (κ3) is 5.27. The summed E-state index contributed by atoms with van der Waals surface area (Å²) in [6, 6.07) is 8.33. The molecule has 3 heterocycles. The molecule has 1 aliphatic rings. The predicted octanol–water partition coefficient (Wildman–Crippen LogP) is 4.71. The van der Waals surface area contributed by atoms with E-state index in [4.69, 9.17) is 0 Å². The van der Waals surface area contributed by atoms with Gasteiger partial charge in [0.25, 0.3) is 0 Å². The second kappa shape index (κ2) is 9.65. The van der Waals surface area contributed by atoms with Crippen molar-refractivity contribution in [1.82, 2.24) is 19.7 Å². The zero-order valence-electron chi connectivity index (χ0n) is 19.6. The van der Waals surface area contributed by atoms with Crippen LogP contribution in [0.1, 0.15) is 47.4 Å². The average molecular weight is 494 g/mol. The summed E-state index contributed by atoms with van der Waals surface area (Å²) in [5.41, 5.74) is 0.637. The van der Waals surface area contributed by atoms with Gasteiger partial charge in [-0.3, -0.25) is 4.57 Å². The second-order valence-corrected chi connectivity index (χ2v) is 10.3. The van der Waals surface area contributed by atoms with E-state index in [0.717, 1.165) is 29.9 Å². The third-order valence-corrected chi connectivity index (χ3v) is 7.49. The van der Waals surface area contributed by atoms with E-state index >= 15 is 0 Å². The molecule has 10 heteroatoms. The molecule has 2 aromatic heterocycles. The molecule has 1 unspecified atom stereocenters. The lowest BCUT2D eigenvalue weighted by Crippen LogP contribution is -2.52. The van der Waals surface area contributed by atoms with Gasteiger partial charge in [0.2, 0.25) is 5.95 Å². The van der Waals surface area contributed by atoms with E-state index in [1.165, 1.54) is 11.1 Å². The van der Waals surface area contributed by atoms with Gasteiger partial charge in [-0.25, -0.2) is 4.98 Å². The van der Waals surface area contributed by atoms with Crippen LogP contribution in [0.25, 0.3) is 0 Å². The highest BCUT2D eigenvalue weighted by molar-refractivity contribution is 7.09. The van der Waals surface area contributed by atoms with Crippen LogP contribution < -0.4 is 4.90 Å². The first-order valence-electron chi connectivity index (χ1n) is 11.5. The van der Waals surface area contributed by atoms with Crippen molar-refractivity contribution in [3.8, 4) is 0 Å². The Kier molecular flexibility index (Phi) is 7.00. The summed E-state index contributed by atoms with van der Waals surface area (Å²) in [7, 11) is 0. The smallest absolute Gasteiger partial charge is 0.380 e. The molecule has 184 valence electrons. The van der Waals surface area contributed by atoms with Gasteiger partial charge in [-0.1, -0.05) is 29.8 Å². The molecule has 0 saturated carbocycles. The molecule has 34 heavy (non-hydrogen) atoms. The van der Waals surface area contributed by atoms with Crippen LogP contribution in [0.3, 0.4) is 0 Å². The fourth-order valence-corrected chi connectivity index (χ4v) is 5.17. The first-order valence-corrected chi connectivity index (χ1v) is 12.3. The molecule has 0 bridgehead atoms. The summed E-state index contributed by atoms with van der Waals surface area (Å²) in [6.07, 6.45) is -2.85. The Balaban J connectivity index is 1.54. The van der Waals surface area contributed by atoms with E-state index in [2.05, 4.69) is 44.9 Å². The number of piperidine rings is 1. The minimum atomic E-state index is -4.65. The predicted molar refractivity (Wildman–Crippen MR) is 126 cm³/mol. The molecule has 1 N–H and O–H groups in total. The van der Waals surface area contributed by atoms with Gasteiger partial charge in [-0.15, -0.1) is 21.5 Å². The first kappa shape index (κ1) is 24.7. The molecule has 0 radical (unpaired) electrons. The molecule has 3 aromatic rings. The van der Waals surface area contributed by atoms with Crippen molar-refractivity contribution in [1.29, 1.82) is 0 Å². The number of halogens is 3. The van der Waals surface area contributed by atoms with Crippen LogP contribution in [0.4, 0.5) is 19.1 Å². The van der Waals surface area contributed by atoms with Gasteiger partial charge < -0.3 is 10.0 Å². The SMILES string of the molecule is Cc1cccc(CCn2c(Cc3csc(C)n3)nnc2N2CCC(C(C)(O)C(F)(F)F)CC2)c1. The topological polar surface area (TPSA) is 67.1 Å². The molecule has 1 fully saturated rings. The van der Waals surface area contributed by atoms with E-state index in [1.807, 2.05) is 23.3 Å². The van der Waals surface area contributed by atoms with Crippen LogP contribution in [0, 0.1) is 19.8 Å². The highest BCUT2D eigenvalue weighted by Gasteiger charge is 2.55. The van der Waals surface area contributed by atoms with Gasteiger partial charge >= 0.3 is 6.18 Å².